The molecular weight excluding hydrogens is 114 g/mol. The molecule has 0 aromatic rings. The van der Waals surface area contributed by atoms with Crippen molar-refractivity contribution in [1.82, 2.24) is 4.98 Å². The molecule has 0 amide bonds. The zero-order valence-corrected chi connectivity index (χ0v) is 7.50. The van der Waals surface area contributed by atoms with Crippen LogP contribution < -0.4 is 4.98 Å². The lowest BCUT2D eigenvalue weighted by atomic mass is 10.1. The van der Waals surface area contributed by atoms with Gasteiger partial charge in [0, 0.05) is 5.54 Å². The Morgan fingerprint density at radius 2 is 1.50 bits per heavy atom. The lowest BCUT2D eigenvalue weighted by molar-refractivity contribution is 0.519. The second-order valence-corrected chi connectivity index (χ2v) is 5.62. The van der Waals surface area contributed by atoms with Crippen LogP contribution in [0.25, 0.3) is 0 Å². The number of hydrogen-bond donors (Lipinski definition) is 1. The molecule has 48 valence electrons. The van der Waals surface area contributed by atoms with Crippen LogP contribution in [-0.2, 0) is 0 Å². The average Bonchev–Trinajstić information content (AvgIpc) is 1.21. The molecule has 0 rings (SSSR count). The standard InChI is InChI=1S/C6H16NSi/c1-6(2,3)7-8(4)5/h7H,1-5H3/q+1. The summed E-state index contributed by atoms with van der Waals surface area (Å²) in [6.45, 7) is 11.1. The van der Waals surface area contributed by atoms with E-state index >= 15 is 0 Å². The van der Waals surface area contributed by atoms with Crippen molar-refractivity contribution in [2.75, 3.05) is 0 Å². The van der Waals surface area contributed by atoms with E-state index in [-0.39, 0.29) is 8.96 Å². The Bertz CT molecular complexity index is 63.4. The van der Waals surface area contributed by atoms with Gasteiger partial charge in [-0.25, -0.2) is 0 Å². The molecule has 0 aromatic carbocycles. The van der Waals surface area contributed by atoms with Crippen molar-refractivity contribution in [3.05, 3.63) is 0 Å². The molecule has 1 N–H and O–H groups in total. The fourth-order valence-electron chi connectivity index (χ4n) is 0.750. The lowest BCUT2D eigenvalue weighted by Gasteiger charge is -2.14. The highest BCUT2D eigenvalue weighted by atomic mass is 28.3. The molecular formula is C6H16NSi+. The van der Waals surface area contributed by atoms with E-state index in [1.807, 2.05) is 0 Å². The highest BCUT2D eigenvalue weighted by Crippen LogP contribution is 1.98. The van der Waals surface area contributed by atoms with E-state index in [4.69, 9.17) is 0 Å². The van der Waals surface area contributed by atoms with Gasteiger partial charge in [0.2, 0.25) is 0 Å². The molecule has 0 atom stereocenters. The van der Waals surface area contributed by atoms with Crippen molar-refractivity contribution in [2.45, 2.75) is 39.4 Å². The van der Waals surface area contributed by atoms with Gasteiger partial charge in [-0.05, 0) is 20.8 Å². The van der Waals surface area contributed by atoms with Gasteiger partial charge < -0.3 is 0 Å². The van der Waals surface area contributed by atoms with Crippen LogP contribution in [0.5, 0.6) is 0 Å². The average molecular weight is 130 g/mol. The van der Waals surface area contributed by atoms with Crippen molar-refractivity contribution < 1.29 is 0 Å². The fourth-order valence-corrected chi connectivity index (χ4v) is 2.25. The molecule has 0 aromatic heterocycles. The van der Waals surface area contributed by atoms with Crippen LogP contribution in [-0.4, -0.2) is 14.5 Å². The summed E-state index contributed by atoms with van der Waals surface area (Å²) in [5.41, 5.74) is 0.317. The first-order valence-corrected chi connectivity index (χ1v) is 5.50. The highest BCUT2D eigenvalue weighted by molar-refractivity contribution is 6.53. The number of rotatable bonds is 1. The minimum absolute atomic E-state index is 0.242. The summed E-state index contributed by atoms with van der Waals surface area (Å²) in [4.78, 5) is 3.48. The zero-order valence-electron chi connectivity index (χ0n) is 6.50. The summed E-state index contributed by atoms with van der Waals surface area (Å²) >= 11 is 0. The van der Waals surface area contributed by atoms with Crippen LogP contribution in [0, 0.1) is 0 Å². The molecule has 2 heteroatoms. The van der Waals surface area contributed by atoms with Crippen LogP contribution in [0.15, 0.2) is 0 Å². The Morgan fingerprint density at radius 3 is 1.50 bits per heavy atom. The van der Waals surface area contributed by atoms with E-state index in [1.165, 1.54) is 0 Å². The van der Waals surface area contributed by atoms with Gasteiger partial charge in [-0.2, -0.15) is 4.98 Å². The maximum absolute atomic E-state index is 3.48. The van der Waals surface area contributed by atoms with E-state index in [9.17, 15) is 0 Å². The maximum Gasteiger partial charge on any atom is 0.396 e. The summed E-state index contributed by atoms with van der Waals surface area (Å²) in [7, 11) is -0.242. The van der Waals surface area contributed by atoms with E-state index < -0.39 is 0 Å². The number of nitrogens with one attached hydrogen (secondary N) is 1. The van der Waals surface area contributed by atoms with Crippen molar-refractivity contribution in [2.24, 2.45) is 0 Å². The Balaban J connectivity index is 3.39. The second kappa shape index (κ2) is 2.64. The molecule has 0 saturated carbocycles. The largest absolute Gasteiger partial charge is 0.396 e. The maximum atomic E-state index is 3.48. The van der Waals surface area contributed by atoms with Gasteiger partial charge in [0.25, 0.3) is 0 Å². The molecule has 0 spiro atoms. The summed E-state index contributed by atoms with van der Waals surface area (Å²) in [6.07, 6.45) is 0. The minimum atomic E-state index is -0.242. The smallest absolute Gasteiger partial charge is 0.184 e. The lowest BCUT2D eigenvalue weighted by Crippen LogP contribution is -2.43. The Kier molecular flexibility index (Phi) is 2.70. The van der Waals surface area contributed by atoms with Gasteiger partial charge in [0.1, 0.15) is 0 Å². The minimum Gasteiger partial charge on any atom is -0.184 e. The van der Waals surface area contributed by atoms with Gasteiger partial charge in [0.15, 0.2) is 0 Å². The topological polar surface area (TPSA) is 12.0 Å². The van der Waals surface area contributed by atoms with E-state index in [2.05, 4.69) is 38.8 Å². The fraction of sp³-hybridized carbons (Fsp3) is 1.00. The molecule has 0 fully saturated rings. The summed E-state index contributed by atoms with van der Waals surface area (Å²) < 4.78 is 0. The van der Waals surface area contributed by atoms with Crippen molar-refractivity contribution >= 4 is 8.96 Å². The van der Waals surface area contributed by atoms with Crippen LogP contribution in [0.1, 0.15) is 20.8 Å². The molecule has 0 aliphatic carbocycles. The van der Waals surface area contributed by atoms with Crippen LogP contribution in [0.3, 0.4) is 0 Å². The third-order valence-corrected chi connectivity index (χ3v) is 1.88. The molecule has 0 radical (unpaired) electrons. The van der Waals surface area contributed by atoms with Crippen LogP contribution in [0.4, 0.5) is 0 Å². The molecule has 1 nitrogen and oxygen atoms in total. The predicted molar refractivity (Wildman–Crippen MR) is 40.4 cm³/mol. The molecule has 0 heterocycles. The predicted octanol–water partition coefficient (Wildman–Crippen LogP) is 1.63. The molecule has 0 unspecified atom stereocenters. The Hall–Kier alpha value is 0.177. The quantitative estimate of drug-likeness (QED) is 0.532. The third kappa shape index (κ3) is 6.18. The third-order valence-electron chi connectivity index (χ3n) is 0.625. The SMILES string of the molecule is C[Si+](C)NC(C)(C)C. The van der Waals surface area contributed by atoms with Gasteiger partial charge in [-0.15, -0.1) is 0 Å². The molecule has 0 aliphatic rings. The van der Waals surface area contributed by atoms with E-state index in [1.54, 1.807) is 0 Å². The van der Waals surface area contributed by atoms with Crippen LogP contribution in [0.2, 0.25) is 13.1 Å². The monoisotopic (exact) mass is 130 g/mol. The Morgan fingerprint density at radius 1 is 1.12 bits per heavy atom. The molecule has 0 saturated heterocycles. The van der Waals surface area contributed by atoms with E-state index in [0.29, 0.717) is 5.54 Å². The van der Waals surface area contributed by atoms with Crippen molar-refractivity contribution in [1.29, 1.82) is 0 Å². The first-order valence-electron chi connectivity index (χ1n) is 3.00. The van der Waals surface area contributed by atoms with Gasteiger partial charge in [-0.1, -0.05) is 0 Å². The van der Waals surface area contributed by atoms with Crippen LogP contribution >= 0.6 is 0 Å². The summed E-state index contributed by atoms with van der Waals surface area (Å²) in [6, 6.07) is 0. The second-order valence-electron chi connectivity index (χ2n) is 3.38. The van der Waals surface area contributed by atoms with Gasteiger partial charge in [-0.3, -0.25) is 0 Å². The van der Waals surface area contributed by atoms with Gasteiger partial charge in [0.05, 0.1) is 13.1 Å². The molecule has 0 aliphatic heterocycles. The zero-order chi connectivity index (χ0) is 6.78. The summed E-state index contributed by atoms with van der Waals surface area (Å²) in [5.74, 6) is 0. The van der Waals surface area contributed by atoms with E-state index in [0.717, 1.165) is 0 Å². The number of hydrogen-bond acceptors (Lipinski definition) is 1. The first-order chi connectivity index (χ1) is 3.42. The molecule has 0 bridgehead atoms. The first kappa shape index (κ1) is 8.18. The van der Waals surface area contributed by atoms with Gasteiger partial charge >= 0.3 is 8.96 Å². The normalized spacial score (nSPS) is 11.6. The Labute approximate surface area is 54.2 Å². The van der Waals surface area contributed by atoms with Crippen molar-refractivity contribution in [3.8, 4) is 0 Å². The van der Waals surface area contributed by atoms with Crippen molar-refractivity contribution in [3.63, 3.8) is 0 Å². The molecule has 8 heavy (non-hydrogen) atoms. The highest BCUT2D eigenvalue weighted by Gasteiger charge is 2.20. The summed E-state index contributed by atoms with van der Waals surface area (Å²) in [5, 5.41) is 0.